The van der Waals surface area contributed by atoms with Crippen LogP contribution in [0.15, 0.2) is 0 Å². The molecule has 2 aliphatic heterocycles. The Bertz CT molecular complexity index is 239. The first kappa shape index (κ1) is 11.1. The van der Waals surface area contributed by atoms with Gasteiger partial charge in [-0.1, -0.05) is 20.3 Å². The van der Waals surface area contributed by atoms with E-state index in [1.165, 1.54) is 32.2 Å². The molecule has 0 radical (unpaired) electrons. The number of carbonyl (C=O) groups excluding carboxylic acids is 1. The van der Waals surface area contributed by atoms with E-state index >= 15 is 0 Å². The number of hydrogen-bond acceptors (Lipinski definition) is 2. The quantitative estimate of drug-likeness (QED) is 0.712. The first-order valence-corrected chi connectivity index (χ1v) is 6.56. The van der Waals surface area contributed by atoms with Gasteiger partial charge < -0.3 is 0 Å². The molecule has 2 aliphatic rings. The molecule has 86 valence electrons. The van der Waals surface area contributed by atoms with Crippen molar-refractivity contribution in [2.75, 3.05) is 6.54 Å². The van der Waals surface area contributed by atoms with Crippen LogP contribution >= 0.6 is 0 Å². The molecular formula is C13H23NO. The van der Waals surface area contributed by atoms with Crippen molar-refractivity contribution < 1.29 is 4.79 Å². The van der Waals surface area contributed by atoms with Crippen molar-refractivity contribution in [2.24, 2.45) is 5.92 Å². The minimum atomic E-state index is 0.333. The molecule has 0 aromatic heterocycles. The van der Waals surface area contributed by atoms with Crippen molar-refractivity contribution >= 4 is 5.78 Å². The largest absolute Gasteiger partial charge is 0.299 e. The number of rotatable bonds is 3. The molecule has 3 atom stereocenters. The van der Waals surface area contributed by atoms with Gasteiger partial charge in [0.05, 0.1) is 0 Å². The Hall–Kier alpha value is -0.370. The van der Waals surface area contributed by atoms with Gasteiger partial charge >= 0.3 is 0 Å². The van der Waals surface area contributed by atoms with Crippen LogP contribution in [0.4, 0.5) is 0 Å². The Labute approximate surface area is 93.0 Å². The number of nitrogens with zero attached hydrogens (tertiary/aromatic N) is 1. The average Bonchev–Trinajstić information content (AvgIpc) is 2.66. The molecule has 2 rings (SSSR count). The molecule has 0 N–H and O–H groups in total. The fraction of sp³-hybridized carbons (Fsp3) is 0.923. The molecule has 0 spiro atoms. The van der Waals surface area contributed by atoms with Crippen LogP contribution in [0.3, 0.4) is 0 Å². The first-order valence-electron chi connectivity index (χ1n) is 6.56. The lowest BCUT2D eigenvalue weighted by Gasteiger charge is -2.42. The molecule has 1 unspecified atom stereocenters. The van der Waals surface area contributed by atoms with Crippen LogP contribution in [0, 0.1) is 5.92 Å². The average molecular weight is 209 g/mol. The number of fused-ring (bicyclic) bond motifs is 1. The maximum absolute atomic E-state index is 12.0. The summed E-state index contributed by atoms with van der Waals surface area (Å²) < 4.78 is 0. The van der Waals surface area contributed by atoms with Crippen molar-refractivity contribution in [1.82, 2.24) is 4.90 Å². The maximum atomic E-state index is 12.0. The fourth-order valence-corrected chi connectivity index (χ4v) is 3.51. The Morgan fingerprint density at radius 2 is 2.20 bits per heavy atom. The standard InChI is InChI=1S/C13H23NO/c1-3-6-12-11(4-2)13(15)9-10-7-5-8-14(10)12/h10-12H,3-9H2,1-2H3/t10?,11-,12-/m1/s1. The zero-order chi connectivity index (χ0) is 10.8. The van der Waals surface area contributed by atoms with Gasteiger partial charge in [-0.2, -0.15) is 0 Å². The predicted molar refractivity (Wildman–Crippen MR) is 61.8 cm³/mol. The molecule has 0 aromatic rings. The number of piperidine rings is 1. The van der Waals surface area contributed by atoms with E-state index in [9.17, 15) is 4.79 Å². The second kappa shape index (κ2) is 4.65. The molecule has 2 saturated heterocycles. The van der Waals surface area contributed by atoms with E-state index in [4.69, 9.17) is 0 Å². The van der Waals surface area contributed by atoms with E-state index in [1.54, 1.807) is 0 Å². The van der Waals surface area contributed by atoms with Crippen LogP contribution in [0.5, 0.6) is 0 Å². The molecule has 15 heavy (non-hydrogen) atoms. The van der Waals surface area contributed by atoms with Gasteiger partial charge in [-0.05, 0) is 32.2 Å². The summed E-state index contributed by atoms with van der Waals surface area (Å²) in [6, 6.07) is 1.16. The Morgan fingerprint density at radius 1 is 1.40 bits per heavy atom. The summed E-state index contributed by atoms with van der Waals surface area (Å²) in [5.41, 5.74) is 0. The van der Waals surface area contributed by atoms with Crippen LogP contribution in [-0.4, -0.2) is 29.3 Å². The summed E-state index contributed by atoms with van der Waals surface area (Å²) in [7, 11) is 0. The van der Waals surface area contributed by atoms with E-state index < -0.39 is 0 Å². The second-order valence-electron chi connectivity index (χ2n) is 5.08. The highest BCUT2D eigenvalue weighted by atomic mass is 16.1. The number of Topliss-reactive ketones (excluding diaryl/α,β-unsaturated/α-hetero) is 1. The number of carbonyl (C=O) groups is 1. The zero-order valence-electron chi connectivity index (χ0n) is 10.0. The SMILES string of the molecule is CCC[C@@H]1[C@@H](CC)C(=O)CC2CCCN21. The Morgan fingerprint density at radius 3 is 2.87 bits per heavy atom. The van der Waals surface area contributed by atoms with Gasteiger partial charge in [-0.3, -0.25) is 9.69 Å². The van der Waals surface area contributed by atoms with Gasteiger partial charge in [0.1, 0.15) is 5.78 Å². The lowest BCUT2D eigenvalue weighted by atomic mass is 9.81. The summed E-state index contributed by atoms with van der Waals surface area (Å²) >= 11 is 0. The molecule has 0 bridgehead atoms. The van der Waals surface area contributed by atoms with Crippen LogP contribution < -0.4 is 0 Å². The summed E-state index contributed by atoms with van der Waals surface area (Å²) in [5.74, 6) is 0.874. The highest BCUT2D eigenvalue weighted by Gasteiger charge is 2.42. The molecule has 2 nitrogen and oxygen atoms in total. The van der Waals surface area contributed by atoms with Gasteiger partial charge in [-0.15, -0.1) is 0 Å². The Balaban J connectivity index is 2.14. The topological polar surface area (TPSA) is 20.3 Å². The second-order valence-corrected chi connectivity index (χ2v) is 5.08. The van der Waals surface area contributed by atoms with Crippen LogP contribution in [-0.2, 0) is 4.79 Å². The van der Waals surface area contributed by atoms with Gasteiger partial charge in [0.15, 0.2) is 0 Å². The summed E-state index contributed by atoms with van der Waals surface area (Å²) in [6.07, 6.45) is 6.83. The smallest absolute Gasteiger partial charge is 0.139 e. The van der Waals surface area contributed by atoms with E-state index in [0.717, 1.165) is 12.8 Å². The predicted octanol–water partition coefficient (Wildman–Crippen LogP) is 2.62. The third kappa shape index (κ3) is 1.96. The summed E-state index contributed by atoms with van der Waals surface area (Å²) in [6.45, 7) is 5.64. The molecule has 2 heterocycles. The van der Waals surface area contributed by atoms with Crippen molar-refractivity contribution in [2.45, 2.75) is 64.5 Å². The minimum Gasteiger partial charge on any atom is -0.299 e. The van der Waals surface area contributed by atoms with E-state index in [2.05, 4.69) is 18.7 Å². The first-order chi connectivity index (χ1) is 7.27. The molecule has 0 aromatic carbocycles. The molecule has 0 saturated carbocycles. The Kier molecular flexibility index (Phi) is 3.45. The monoisotopic (exact) mass is 209 g/mol. The molecule has 2 heteroatoms. The molecule has 2 fully saturated rings. The highest BCUT2D eigenvalue weighted by molar-refractivity contribution is 5.83. The maximum Gasteiger partial charge on any atom is 0.139 e. The van der Waals surface area contributed by atoms with Gasteiger partial charge in [-0.25, -0.2) is 0 Å². The third-order valence-corrected chi connectivity index (χ3v) is 4.19. The van der Waals surface area contributed by atoms with Gasteiger partial charge in [0.2, 0.25) is 0 Å². The normalized spacial score (nSPS) is 36.9. The van der Waals surface area contributed by atoms with Gasteiger partial charge in [0, 0.05) is 24.4 Å². The van der Waals surface area contributed by atoms with E-state index in [1.807, 2.05) is 0 Å². The van der Waals surface area contributed by atoms with Crippen LogP contribution in [0.25, 0.3) is 0 Å². The fourth-order valence-electron chi connectivity index (χ4n) is 3.51. The zero-order valence-corrected chi connectivity index (χ0v) is 10.0. The van der Waals surface area contributed by atoms with Crippen molar-refractivity contribution in [3.63, 3.8) is 0 Å². The van der Waals surface area contributed by atoms with Crippen molar-refractivity contribution in [1.29, 1.82) is 0 Å². The number of hydrogen-bond donors (Lipinski definition) is 0. The summed E-state index contributed by atoms with van der Waals surface area (Å²) in [4.78, 5) is 14.7. The highest BCUT2D eigenvalue weighted by Crippen LogP contribution is 2.35. The van der Waals surface area contributed by atoms with Crippen LogP contribution in [0.2, 0.25) is 0 Å². The van der Waals surface area contributed by atoms with E-state index in [-0.39, 0.29) is 0 Å². The molecule has 0 amide bonds. The van der Waals surface area contributed by atoms with Gasteiger partial charge in [0.25, 0.3) is 0 Å². The summed E-state index contributed by atoms with van der Waals surface area (Å²) in [5, 5.41) is 0. The number of ketones is 1. The van der Waals surface area contributed by atoms with Crippen molar-refractivity contribution in [3.8, 4) is 0 Å². The third-order valence-electron chi connectivity index (χ3n) is 4.19. The molecular weight excluding hydrogens is 186 g/mol. The lowest BCUT2D eigenvalue weighted by Crippen LogP contribution is -2.51. The lowest BCUT2D eigenvalue weighted by molar-refractivity contribution is -0.131. The van der Waals surface area contributed by atoms with E-state index in [0.29, 0.717) is 23.8 Å². The van der Waals surface area contributed by atoms with Crippen LogP contribution in [0.1, 0.15) is 52.4 Å². The van der Waals surface area contributed by atoms with Crippen molar-refractivity contribution in [3.05, 3.63) is 0 Å². The molecule has 0 aliphatic carbocycles. The minimum absolute atomic E-state index is 0.333.